The van der Waals surface area contributed by atoms with Gasteiger partial charge in [-0.2, -0.15) is 0 Å². The second kappa shape index (κ2) is 3.26. The van der Waals surface area contributed by atoms with Crippen molar-refractivity contribution in [3.63, 3.8) is 0 Å². The van der Waals surface area contributed by atoms with Crippen molar-refractivity contribution in [3.8, 4) is 0 Å². The number of ether oxygens (including phenoxy) is 1. The van der Waals surface area contributed by atoms with Crippen LogP contribution in [0.1, 0.15) is 38.5 Å². The van der Waals surface area contributed by atoms with Crippen LogP contribution in [0.15, 0.2) is 0 Å². The number of hydrogen-bond acceptors (Lipinski definition) is 3. The summed E-state index contributed by atoms with van der Waals surface area (Å²) in [6.07, 6.45) is 4.98. The first kappa shape index (κ1) is 9.49. The topological polar surface area (TPSA) is 69.4 Å². The van der Waals surface area contributed by atoms with Gasteiger partial charge in [-0.15, -0.1) is 0 Å². The van der Waals surface area contributed by atoms with Crippen LogP contribution in [0.25, 0.3) is 0 Å². The van der Waals surface area contributed by atoms with Crippen LogP contribution in [0.2, 0.25) is 0 Å². The highest BCUT2D eigenvalue weighted by Crippen LogP contribution is 2.43. The van der Waals surface area contributed by atoms with E-state index >= 15 is 0 Å². The molecule has 1 aliphatic carbocycles. The van der Waals surface area contributed by atoms with E-state index in [1.54, 1.807) is 0 Å². The van der Waals surface area contributed by atoms with Gasteiger partial charge in [-0.25, -0.2) is 0 Å². The van der Waals surface area contributed by atoms with Crippen molar-refractivity contribution in [3.05, 3.63) is 0 Å². The van der Waals surface area contributed by atoms with Crippen LogP contribution in [0.5, 0.6) is 0 Å². The molecule has 0 bridgehead atoms. The van der Waals surface area contributed by atoms with E-state index in [9.17, 15) is 9.59 Å². The highest BCUT2D eigenvalue weighted by Gasteiger charge is 2.52. The van der Waals surface area contributed by atoms with Gasteiger partial charge < -0.3 is 10.5 Å². The summed E-state index contributed by atoms with van der Waals surface area (Å²) in [5, 5.41) is 0. The van der Waals surface area contributed by atoms with Gasteiger partial charge in [-0.05, 0) is 25.7 Å². The minimum Gasteiger partial charge on any atom is -0.458 e. The zero-order valence-corrected chi connectivity index (χ0v) is 8.12. The Morgan fingerprint density at radius 3 is 2.57 bits per heavy atom. The number of nitrogens with two attached hydrogens (primary N) is 1. The number of rotatable bonds is 1. The van der Waals surface area contributed by atoms with Crippen molar-refractivity contribution >= 4 is 11.9 Å². The number of carbonyl (C=O) groups is 2. The van der Waals surface area contributed by atoms with E-state index in [4.69, 9.17) is 10.5 Å². The zero-order valence-electron chi connectivity index (χ0n) is 8.12. The van der Waals surface area contributed by atoms with Crippen LogP contribution >= 0.6 is 0 Å². The number of esters is 1. The summed E-state index contributed by atoms with van der Waals surface area (Å²) in [5.74, 6) is -1.05. The van der Waals surface area contributed by atoms with Gasteiger partial charge in [-0.3, -0.25) is 9.59 Å². The molecular formula is C10H15NO3. The van der Waals surface area contributed by atoms with Crippen molar-refractivity contribution in [2.45, 2.75) is 44.1 Å². The number of primary amides is 1. The average Bonchev–Trinajstić information content (AvgIpc) is 2.44. The fraction of sp³-hybridized carbons (Fsp3) is 0.800. The monoisotopic (exact) mass is 197 g/mol. The fourth-order valence-corrected chi connectivity index (χ4v) is 2.65. The van der Waals surface area contributed by atoms with Gasteiger partial charge in [0.2, 0.25) is 5.91 Å². The smallest absolute Gasteiger partial charge is 0.307 e. The van der Waals surface area contributed by atoms with Crippen LogP contribution < -0.4 is 5.73 Å². The molecule has 2 N–H and O–H groups in total. The molecule has 1 unspecified atom stereocenters. The van der Waals surface area contributed by atoms with Crippen molar-refractivity contribution < 1.29 is 14.3 Å². The predicted octanol–water partition coefficient (Wildman–Crippen LogP) is 0.738. The third-order valence-electron chi connectivity index (χ3n) is 3.37. The highest BCUT2D eigenvalue weighted by atomic mass is 16.6. The molecule has 4 nitrogen and oxygen atoms in total. The molecule has 1 heterocycles. The molecule has 2 fully saturated rings. The van der Waals surface area contributed by atoms with E-state index < -0.39 is 17.4 Å². The van der Waals surface area contributed by atoms with Crippen LogP contribution in [-0.2, 0) is 14.3 Å². The Kier molecular flexibility index (Phi) is 2.21. The molecule has 1 amide bonds. The highest BCUT2D eigenvalue weighted by molar-refractivity contribution is 5.86. The van der Waals surface area contributed by atoms with E-state index in [1.165, 1.54) is 0 Å². The molecule has 1 spiro atoms. The average molecular weight is 197 g/mol. The van der Waals surface area contributed by atoms with Gasteiger partial charge in [0.25, 0.3) is 0 Å². The molecule has 14 heavy (non-hydrogen) atoms. The van der Waals surface area contributed by atoms with E-state index in [1.807, 2.05) is 0 Å². The lowest BCUT2D eigenvalue weighted by atomic mass is 9.75. The zero-order chi connectivity index (χ0) is 10.2. The molecule has 1 aliphatic heterocycles. The number of hydrogen-bond donors (Lipinski definition) is 1. The summed E-state index contributed by atoms with van der Waals surface area (Å²) < 4.78 is 5.32. The second-order valence-electron chi connectivity index (χ2n) is 4.26. The van der Waals surface area contributed by atoms with E-state index in [-0.39, 0.29) is 12.4 Å². The van der Waals surface area contributed by atoms with Gasteiger partial charge in [-0.1, -0.05) is 6.42 Å². The lowest BCUT2D eigenvalue weighted by molar-refractivity contribution is -0.153. The molecule has 1 saturated heterocycles. The molecule has 2 aliphatic rings. The molecule has 1 atom stereocenters. The molecule has 78 valence electrons. The SMILES string of the molecule is NC(=O)C1CC(=O)OC12CCCCC2. The largest absolute Gasteiger partial charge is 0.458 e. The van der Waals surface area contributed by atoms with Crippen molar-refractivity contribution in [1.29, 1.82) is 0 Å². The molecular weight excluding hydrogens is 182 g/mol. The predicted molar refractivity (Wildman–Crippen MR) is 49.2 cm³/mol. The summed E-state index contributed by atoms with van der Waals surface area (Å²) >= 11 is 0. The quantitative estimate of drug-likeness (QED) is 0.630. The third-order valence-corrected chi connectivity index (χ3v) is 3.37. The fourth-order valence-electron chi connectivity index (χ4n) is 2.65. The molecule has 2 rings (SSSR count). The van der Waals surface area contributed by atoms with Gasteiger partial charge in [0.15, 0.2) is 0 Å². The summed E-state index contributed by atoms with van der Waals surface area (Å²) in [4.78, 5) is 22.4. The Labute approximate surface area is 82.8 Å². The number of amides is 1. The van der Waals surface area contributed by atoms with Crippen LogP contribution in [0.4, 0.5) is 0 Å². The molecule has 0 aromatic heterocycles. The molecule has 1 saturated carbocycles. The van der Waals surface area contributed by atoms with Crippen molar-refractivity contribution in [2.75, 3.05) is 0 Å². The van der Waals surface area contributed by atoms with Crippen LogP contribution in [0, 0.1) is 5.92 Å². The maximum absolute atomic E-state index is 11.2. The lowest BCUT2D eigenvalue weighted by Crippen LogP contribution is -2.43. The first-order chi connectivity index (χ1) is 6.64. The van der Waals surface area contributed by atoms with E-state index in [2.05, 4.69) is 0 Å². The van der Waals surface area contributed by atoms with Crippen LogP contribution in [-0.4, -0.2) is 17.5 Å². The maximum Gasteiger partial charge on any atom is 0.307 e. The summed E-state index contributed by atoms with van der Waals surface area (Å²) in [5.41, 5.74) is 4.75. The standard InChI is InChI=1S/C10H15NO3/c11-9(13)7-6-8(12)14-10(7)4-2-1-3-5-10/h7H,1-6H2,(H2,11,13). The van der Waals surface area contributed by atoms with Crippen molar-refractivity contribution in [2.24, 2.45) is 11.7 Å². The summed E-state index contributed by atoms with van der Waals surface area (Å²) in [6, 6.07) is 0. The van der Waals surface area contributed by atoms with Gasteiger partial charge >= 0.3 is 5.97 Å². The van der Waals surface area contributed by atoms with Crippen LogP contribution in [0.3, 0.4) is 0 Å². The number of carbonyl (C=O) groups excluding carboxylic acids is 2. The summed E-state index contributed by atoms with van der Waals surface area (Å²) in [7, 11) is 0. The molecule has 0 radical (unpaired) electrons. The van der Waals surface area contributed by atoms with Gasteiger partial charge in [0.05, 0.1) is 12.3 Å². The molecule has 0 aromatic rings. The summed E-state index contributed by atoms with van der Waals surface area (Å²) in [6.45, 7) is 0. The Morgan fingerprint density at radius 1 is 1.36 bits per heavy atom. The van der Waals surface area contributed by atoms with E-state index in [0.29, 0.717) is 0 Å². The first-order valence-electron chi connectivity index (χ1n) is 5.15. The minimum absolute atomic E-state index is 0.176. The maximum atomic E-state index is 11.2. The normalized spacial score (nSPS) is 30.3. The minimum atomic E-state index is -0.541. The Balaban J connectivity index is 2.21. The lowest BCUT2D eigenvalue weighted by Gasteiger charge is -2.35. The van der Waals surface area contributed by atoms with Gasteiger partial charge in [0.1, 0.15) is 5.60 Å². The molecule has 4 heteroatoms. The Bertz CT molecular complexity index is 269. The van der Waals surface area contributed by atoms with Crippen molar-refractivity contribution in [1.82, 2.24) is 0 Å². The first-order valence-corrected chi connectivity index (χ1v) is 5.15. The van der Waals surface area contributed by atoms with E-state index in [0.717, 1.165) is 32.1 Å². The Morgan fingerprint density at radius 2 is 2.00 bits per heavy atom. The second-order valence-corrected chi connectivity index (χ2v) is 4.26. The third kappa shape index (κ3) is 1.38. The van der Waals surface area contributed by atoms with Gasteiger partial charge in [0, 0.05) is 0 Å². The molecule has 0 aromatic carbocycles. The Hall–Kier alpha value is -1.06.